The first-order valence-corrected chi connectivity index (χ1v) is 10.2. The van der Waals surface area contributed by atoms with Gasteiger partial charge in [-0.15, -0.1) is 0 Å². The highest BCUT2D eigenvalue weighted by Crippen LogP contribution is 2.26. The molecule has 0 aliphatic carbocycles. The van der Waals surface area contributed by atoms with Gasteiger partial charge in [-0.3, -0.25) is 14.6 Å². The Balaban J connectivity index is 1.38. The first-order chi connectivity index (χ1) is 13.7. The van der Waals surface area contributed by atoms with E-state index in [1.807, 2.05) is 18.2 Å². The van der Waals surface area contributed by atoms with Crippen molar-refractivity contribution in [3.63, 3.8) is 0 Å². The topological polar surface area (TPSA) is 48.7 Å². The summed E-state index contributed by atoms with van der Waals surface area (Å²) in [6.45, 7) is 3.89. The van der Waals surface area contributed by atoms with E-state index in [9.17, 15) is 9.18 Å². The number of nitrogens with zero attached hydrogens (tertiary/aromatic N) is 2. The van der Waals surface area contributed by atoms with Gasteiger partial charge >= 0.3 is 0 Å². The third kappa shape index (κ3) is 4.28. The molecule has 1 aromatic heterocycles. The van der Waals surface area contributed by atoms with E-state index in [0.29, 0.717) is 18.7 Å². The lowest BCUT2D eigenvalue weighted by Gasteiger charge is -2.28. The van der Waals surface area contributed by atoms with E-state index in [1.165, 1.54) is 18.9 Å². The number of nitrogens with one attached hydrogen (secondary N) is 1. The molecule has 1 aromatic carbocycles. The quantitative estimate of drug-likeness (QED) is 0.794. The minimum absolute atomic E-state index is 0.0320. The van der Waals surface area contributed by atoms with Gasteiger partial charge in [0, 0.05) is 18.7 Å². The summed E-state index contributed by atoms with van der Waals surface area (Å²) in [5, 5.41) is 3.14. The molecule has 6 heteroatoms. The van der Waals surface area contributed by atoms with Gasteiger partial charge in [-0.05, 0) is 63.5 Å². The number of benzene rings is 1. The van der Waals surface area contributed by atoms with E-state index in [4.69, 9.17) is 4.42 Å². The fourth-order valence-corrected chi connectivity index (χ4v) is 4.42. The highest BCUT2D eigenvalue weighted by molar-refractivity contribution is 5.82. The lowest BCUT2D eigenvalue weighted by molar-refractivity contribution is -0.125. The van der Waals surface area contributed by atoms with Crippen molar-refractivity contribution >= 4 is 5.91 Å². The molecular formula is C22H28FN3O2. The number of carbonyl (C=O) groups is 1. The van der Waals surface area contributed by atoms with E-state index in [0.717, 1.165) is 38.2 Å². The predicted molar refractivity (Wildman–Crippen MR) is 105 cm³/mol. The number of hydrogen-bond donors (Lipinski definition) is 1. The second kappa shape index (κ2) is 8.88. The smallest absolute Gasteiger partial charge is 0.237 e. The van der Waals surface area contributed by atoms with E-state index < -0.39 is 0 Å². The Labute approximate surface area is 165 Å². The molecule has 1 amide bonds. The highest BCUT2D eigenvalue weighted by atomic mass is 19.1. The number of furan rings is 1. The van der Waals surface area contributed by atoms with Crippen molar-refractivity contribution in [2.45, 2.75) is 44.3 Å². The van der Waals surface area contributed by atoms with Crippen LogP contribution in [0, 0.1) is 5.82 Å². The monoisotopic (exact) mass is 385 g/mol. The molecule has 2 atom stereocenters. The third-order valence-electron chi connectivity index (χ3n) is 5.92. The summed E-state index contributed by atoms with van der Waals surface area (Å²) in [6, 6.07) is 10.6. The second-order valence-corrected chi connectivity index (χ2v) is 7.74. The van der Waals surface area contributed by atoms with Crippen LogP contribution in [0.15, 0.2) is 47.1 Å². The standard InChI is InChI=1S/C22H28FN3O2/c23-18-8-2-1-7-17(18)16-26-13-5-9-19(26)22(27)24-15-20(21-10-6-14-28-21)25-11-3-4-12-25/h1-2,6-8,10,14,19-20H,3-5,9,11-13,15-16H2,(H,24,27). The maximum atomic E-state index is 14.0. The van der Waals surface area contributed by atoms with E-state index in [2.05, 4.69) is 15.1 Å². The van der Waals surface area contributed by atoms with Crippen LogP contribution in [0.2, 0.25) is 0 Å². The first-order valence-electron chi connectivity index (χ1n) is 10.2. The van der Waals surface area contributed by atoms with Gasteiger partial charge in [0.15, 0.2) is 0 Å². The lowest BCUT2D eigenvalue weighted by atomic mass is 10.1. The van der Waals surface area contributed by atoms with Gasteiger partial charge in [0.2, 0.25) is 5.91 Å². The normalized spacial score (nSPS) is 21.8. The Bertz CT molecular complexity index is 774. The zero-order valence-corrected chi connectivity index (χ0v) is 16.1. The minimum atomic E-state index is -0.208. The molecule has 3 heterocycles. The number of rotatable bonds is 7. The first kappa shape index (κ1) is 19.2. The molecule has 1 N–H and O–H groups in total. The van der Waals surface area contributed by atoms with Crippen LogP contribution in [0.5, 0.6) is 0 Å². The van der Waals surface area contributed by atoms with Crippen molar-refractivity contribution in [1.82, 2.24) is 15.1 Å². The number of likely N-dealkylation sites (tertiary alicyclic amines) is 2. The zero-order chi connectivity index (χ0) is 19.3. The molecular weight excluding hydrogens is 357 g/mol. The third-order valence-corrected chi connectivity index (χ3v) is 5.92. The molecule has 5 nitrogen and oxygen atoms in total. The largest absolute Gasteiger partial charge is 0.468 e. The highest BCUT2D eigenvalue weighted by Gasteiger charge is 2.32. The summed E-state index contributed by atoms with van der Waals surface area (Å²) in [5.74, 6) is 0.724. The summed E-state index contributed by atoms with van der Waals surface area (Å²) in [5.41, 5.74) is 0.646. The Morgan fingerprint density at radius 1 is 1.14 bits per heavy atom. The van der Waals surface area contributed by atoms with Crippen LogP contribution in [0.3, 0.4) is 0 Å². The van der Waals surface area contributed by atoms with Gasteiger partial charge in [0.1, 0.15) is 11.6 Å². The van der Waals surface area contributed by atoms with Crippen LogP contribution in [0.25, 0.3) is 0 Å². The van der Waals surface area contributed by atoms with E-state index >= 15 is 0 Å². The lowest BCUT2D eigenvalue weighted by Crippen LogP contribution is -2.45. The molecule has 4 rings (SSSR count). The average molecular weight is 385 g/mol. The molecule has 2 fully saturated rings. The summed E-state index contributed by atoms with van der Waals surface area (Å²) < 4.78 is 19.6. The van der Waals surface area contributed by atoms with Crippen molar-refractivity contribution in [3.05, 3.63) is 59.8 Å². The van der Waals surface area contributed by atoms with Crippen LogP contribution in [-0.4, -0.2) is 47.9 Å². The Hall–Kier alpha value is -2.18. The molecule has 2 aromatic rings. The van der Waals surface area contributed by atoms with Gasteiger partial charge in [-0.1, -0.05) is 18.2 Å². The number of carbonyl (C=O) groups excluding carboxylic acids is 1. The molecule has 0 bridgehead atoms. The van der Waals surface area contributed by atoms with Crippen molar-refractivity contribution in [2.75, 3.05) is 26.2 Å². The van der Waals surface area contributed by atoms with Crippen molar-refractivity contribution in [1.29, 1.82) is 0 Å². The van der Waals surface area contributed by atoms with E-state index in [1.54, 1.807) is 18.4 Å². The molecule has 0 saturated carbocycles. The van der Waals surface area contributed by atoms with Gasteiger partial charge in [0.25, 0.3) is 0 Å². The molecule has 0 radical (unpaired) electrons. The average Bonchev–Trinajstić information content (AvgIpc) is 3.47. The maximum absolute atomic E-state index is 14.0. The summed E-state index contributed by atoms with van der Waals surface area (Å²) >= 11 is 0. The molecule has 150 valence electrons. The van der Waals surface area contributed by atoms with Crippen LogP contribution in [-0.2, 0) is 11.3 Å². The molecule has 2 saturated heterocycles. The predicted octanol–water partition coefficient (Wildman–Crippen LogP) is 3.34. The van der Waals surface area contributed by atoms with Crippen LogP contribution < -0.4 is 5.32 Å². The SMILES string of the molecule is O=C(NCC(c1ccco1)N1CCCC1)C1CCCN1Cc1ccccc1F. The van der Waals surface area contributed by atoms with E-state index in [-0.39, 0.29) is 23.8 Å². The summed E-state index contributed by atoms with van der Waals surface area (Å²) in [6.07, 6.45) is 5.83. The van der Waals surface area contributed by atoms with Crippen LogP contribution >= 0.6 is 0 Å². The molecule has 2 unspecified atom stereocenters. The molecule has 0 spiro atoms. The number of amides is 1. The summed E-state index contributed by atoms with van der Waals surface area (Å²) in [7, 11) is 0. The Morgan fingerprint density at radius 3 is 2.71 bits per heavy atom. The minimum Gasteiger partial charge on any atom is -0.468 e. The fourth-order valence-electron chi connectivity index (χ4n) is 4.42. The van der Waals surface area contributed by atoms with Crippen LogP contribution in [0.4, 0.5) is 4.39 Å². The van der Waals surface area contributed by atoms with Crippen molar-refractivity contribution in [3.8, 4) is 0 Å². The Morgan fingerprint density at radius 2 is 1.96 bits per heavy atom. The van der Waals surface area contributed by atoms with Crippen molar-refractivity contribution < 1.29 is 13.6 Å². The van der Waals surface area contributed by atoms with Crippen molar-refractivity contribution in [2.24, 2.45) is 0 Å². The molecule has 28 heavy (non-hydrogen) atoms. The van der Waals surface area contributed by atoms with Gasteiger partial charge < -0.3 is 9.73 Å². The fraction of sp³-hybridized carbons (Fsp3) is 0.500. The second-order valence-electron chi connectivity index (χ2n) is 7.74. The number of hydrogen-bond acceptors (Lipinski definition) is 4. The maximum Gasteiger partial charge on any atom is 0.237 e. The van der Waals surface area contributed by atoms with Gasteiger partial charge in [-0.2, -0.15) is 0 Å². The van der Waals surface area contributed by atoms with Gasteiger partial charge in [-0.25, -0.2) is 4.39 Å². The Kier molecular flexibility index (Phi) is 6.07. The zero-order valence-electron chi connectivity index (χ0n) is 16.1. The molecule has 2 aliphatic heterocycles. The van der Waals surface area contributed by atoms with Crippen LogP contribution in [0.1, 0.15) is 43.0 Å². The summed E-state index contributed by atoms with van der Waals surface area (Å²) in [4.78, 5) is 17.4. The number of halogens is 1. The molecule has 2 aliphatic rings. The van der Waals surface area contributed by atoms with Gasteiger partial charge in [0.05, 0.1) is 18.3 Å².